The van der Waals surface area contributed by atoms with Crippen molar-refractivity contribution in [3.8, 4) is 0 Å². The fourth-order valence-corrected chi connectivity index (χ4v) is 25.1. The third kappa shape index (κ3) is 27.3. The molecule has 2 heterocycles. The summed E-state index contributed by atoms with van der Waals surface area (Å²) in [7, 11) is 15.4. The Morgan fingerprint density at radius 3 is 0.932 bits per heavy atom. The highest BCUT2D eigenvalue weighted by Gasteiger charge is 2.37. The Morgan fingerprint density at radius 1 is 0.370 bits per heavy atom. The minimum Gasteiger partial charge on any atom is -0.377 e. The zero-order chi connectivity index (χ0) is 51.9. The van der Waals surface area contributed by atoms with Crippen molar-refractivity contribution in [1.82, 2.24) is 9.97 Å². The van der Waals surface area contributed by atoms with E-state index >= 15 is 0 Å². The predicted octanol–water partition coefficient (Wildman–Crippen LogP) is 20.6. The van der Waals surface area contributed by atoms with Crippen molar-refractivity contribution < 1.29 is 26.6 Å². The molecule has 2 atom stereocenters. The Hall–Kier alpha value is 0.164. The van der Waals surface area contributed by atoms with Gasteiger partial charge in [0, 0.05) is 78.1 Å². The van der Waals surface area contributed by atoms with Crippen LogP contribution in [-0.4, -0.2) is 81.7 Å². The summed E-state index contributed by atoms with van der Waals surface area (Å²) >= 11 is 3.83. The maximum Gasteiger partial charge on any atom is 0.500 e. The Balaban J connectivity index is 1.04. The molecule has 0 radical (unpaired) electrons. The third-order valence-electron chi connectivity index (χ3n) is 14.4. The van der Waals surface area contributed by atoms with Crippen LogP contribution in [0, 0.1) is 0 Å². The molecule has 73 heavy (non-hydrogen) atoms. The standard InChI is InChI=1S/C56H96N2O6S7Si2/c1-59-72(60-2,61-3)45-37-29-25-21-17-13-9-7-11-15-19-23-27-31-39-49(55-57-51-41-33-35-43-53(51)67-55)47-65-69-71-70-66-48-50(56-58-52-42-34-36-44-54(52)68-56)40-32-28-24-20-16-12-8-10-14-18-22-26-30-38-46-73(62-4,63-5)64-6/h33-36,41-44,49-50H,7-32,37-40,45-48H2,1-6H3. The number of aromatic nitrogens is 2. The molecule has 0 amide bonds. The molecule has 0 N–H and O–H groups in total. The molecule has 2 unspecified atom stereocenters. The van der Waals surface area contributed by atoms with Crippen molar-refractivity contribution >= 4 is 112 Å². The van der Waals surface area contributed by atoms with Crippen LogP contribution in [0.1, 0.15) is 214 Å². The van der Waals surface area contributed by atoms with Crippen LogP contribution in [0.2, 0.25) is 12.1 Å². The molecular weight excluding hydrogens is 1080 g/mol. The zero-order valence-corrected chi connectivity index (χ0v) is 53.7. The summed E-state index contributed by atoms with van der Waals surface area (Å²) in [5.74, 6) is 3.29. The number of unbranched alkanes of at least 4 members (excludes halogenated alkanes) is 26. The largest absolute Gasteiger partial charge is 0.500 e. The molecule has 17 heteroatoms. The van der Waals surface area contributed by atoms with Crippen molar-refractivity contribution in [3.05, 3.63) is 58.5 Å². The molecule has 8 nitrogen and oxygen atoms in total. The number of hydrogen-bond acceptors (Lipinski definition) is 15. The van der Waals surface area contributed by atoms with E-state index in [1.807, 2.05) is 73.7 Å². The molecule has 0 saturated heterocycles. The first-order valence-corrected chi connectivity index (χ1v) is 40.2. The highest BCUT2D eigenvalue weighted by Crippen LogP contribution is 2.51. The van der Waals surface area contributed by atoms with Gasteiger partial charge >= 0.3 is 17.6 Å². The summed E-state index contributed by atoms with van der Waals surface area (Å²) in [5, 5.41) is 2.66. The summed E-state index contributed by atoms with van der Waals surface area (Å²) in [6, 6.07) is 19.2. The van der Waals surface area contributed by atoms with Gasteiger partial charge in [-0.15, -0.1) is 22.7 Å². The fraction of sp³-hybridized carbons (Fsp3) is 0.750. The number of nitrogens with zero attached hydrogens (tertiary/aromatic N) is 2. The fourth-order valence-electron chi connectivity index (χ4n) is 9.78. The number of para-hydroxylation sites is 2. The Morgan fingerprint density at radius 2 is 0.644 bits per heavy atom. The van der Waals surface area contributed by atoms with Crippen LogP contribution in [0.5, 0.6) is 0 Å². The van der Waals surface area contributed by atoms with Gasteiger partial charge in [0.2, 0.25) is 0 Å². The summed E-state index contributed by atoms with van der Waals surface area (Å²) in [6.07, 6.45) is 39.9. The smallest absolute Gasteiger partial charge is 0.377 e. The topological polar surface area (TPSA) is 81.2 Å². The highest BCUT2D eigenvalue weighted by atomic mass is 33.8. The van der Waals surface area contributed by atoms with E-state index in [0.717, 1.165) is 47.5 Å². The van der Waals surface area contributed by atoms with E-state index in [9.17, 15) is 0 Å². The number of hydrogen-bond donors (Lipinski definition) is 0. The van der Waals surface area contributed by atoms with Crippen LogP contribution < -0.4 is 0 Å². The molecule has 0 aliphatic heterocycles. The van der Waals surface area contributed by atoms with Crippen LogP contribution in [0.3, 0.4) is 0 Å². The summed E-state index contributed by atoms with van der Waals surface area (Å²) < 4.78 is 36.0. The monoisotopic (exact) mass is 1170 g/mol. The van der Waals surface area contributed by atoms with Gasteiger partial charge in [0.1, 0.15) is 0 Å². The molecule has 0 aliphatic rings. The first-order valence-electron chi connectivity index (χ1n) is 28.2. The Labute approximate surface area is 473 Å². The number of benzene rings is 2. The van der Waals surface area contributed by atoms with E-state index in [4.69, 9.17) is 36.5 Å². The lowest BCUT2D eigenvalue weighted by Gasteiger charge is -2.24. The van der Waals surface area contributed by atoms with E-state index in [1.54, 1.807) is 42.7 Å². The lowest BCUT2D eigenvalue weighted by atomic mass is 10.0. The molecular formula is C56H96N2O6S7Si2. The van der Waals surface area contributed by atoms with Crippen molar-refractivity contribution in [2.24, 2.45) is 0 Å². The summed E-state index contributed by atoms with van der Waals surface area (Å²) in [6.45, 7) is 0. The van der Waals surface area contributed by atoms with Gasteiger partial charge in [-0.25, -0.2) is 9.97 Å². The zero-order valence-electron chi connectivity index (χ0n) is 46.0. The number of rotatable bonds is 50. The van der Waals surface area contributed by atoms with Crippen molar-refractivity contribution in [2.75, 3.05) is 54.2 Å². The maximum atomic E-state index is 5.55. The Kier molecular flexibility index (Phi) is 37.9. The van der Waals surface area contributed by atoms with Crippen molar-refractivity contribution in [3.63, 3.8) is 0 Å². The van der Waals surface area contributed by atoms with Crippen LogP contribution in [0.25, 0.3) is 20.4 Å². The van der Waals surface area contributed by atoms with Crippen LogP contribution in [0.15, 0.2) is 48.5 Å². The summed E-state index contributed by atoms with van der Waals surface area (Å²) in [5.41, 5.74) is 2.32. The molecule has 0 aliphatic carbocycles. The van der Waals surface area contributed by atoms with Gasteiger partial charge in [0.25, 0.3) is 0 Å². The van der Waals surface area contributed by atoms with E-state index < -0.39 is 17.6 Å². The number of fused-ring (bicyclic) bond motifs is 2. The third-order valence-corrected chi connectivity index (χ3v) is 31.3. The van der Waals surface area contributed by atoms with Crippen LogP contribution >= 0.6 is 73.7 Å². The minimum absolute atomic E-state index is 0.521. The van der Waals surface area contributed by atoms with E-state index in [1.165, 1.54) is 199 Å². The van der Waals surface area contributed by atoms with Gasteiger partial charge in [0.05, 0.1) is 30.4 Å². The Bertz CT molecular complexity index is 1710. The minimum atomic E-state index is -2.39. The molecule has 0 spiro atoms. The molecule has 2 aromatic heterocycles. The van der Waals surface area contributed by atoms with Crippen molar-refractivity contribution in [2.45, 2.75) is 217 Å². The average Bonchev–Trinajstić information content (AvgIpc) is 4.07. The lowest BCUT2D eigenvalue weighted by Crippen LogP contribution is -2.42. The molecule has 0 bridgehead atoms. The molecule has 0 saturated carbocycles. The van der Waals surface area contributed by atoms with Gasteiger partial charge in [0.15, 0.2) is 0 Å². The molecule has 2 aromatic carbocycles. The van der Waals surface area contributed by atoms with E-state index in [0.29, 0.717) is 11.8 Å². The number of thiazole rings is 2. The molecule has 4 rings (SSSR count). The quantitative estimate of drug-likeness (QED) is 0.0239. The van der Waals surface area contributed by atoms with Gasteiger partial charge in [-0.1, -0.05) is 213 Å². The first-order chi connectivity index (χ1) is 35.9. The van der Waals surface area contributed by atoms with Crippen LogP contribution in [0.4, 0.5) is 0 Å². The normalized spacial score (nSPS) is 13.2. The van der Waals surface area contributed by atoms with Gasteiger partial charge in [-0.2, -0.15) is 0 Å². The first kappa shape index (κ1) is 65.7. The second-order valence-corrected chi connectivity index (χ2v) is 35.9. The SMILES string of the molecule is CO[Si](CCCCCCCCCCCCCCCCC(CSSSSSCC(CCCCCCCCCCCCCCCC[Si](OC)(OC)OC)c1nc2ccccc2s1)c1nc2ccccc2s1)(OC)OC. The second-order valence-electron chi connectivity index (χ2n) is 19.8. The summed E-state index contributed by atoms with van der Waals surface area (Å²) in [4.78, 5) is 10.3. The maximum absolute atomic E-state index is 5.55. The van der Waals surface area contributed by atoms with Gasteiger partial charge < -0.3 is 26.6 Å². The molecule has 4 aromatic rings. The van der Waals surface area contributed by atoms with E-state index in [2.05, 4.69) is 48.5 Å². The van der Waals surface area contributed by atoms with Gasteiger partial charge in [-0.05, 0) is 79.4 Å². The van der Waals surface area contributed by atoms with E-state index in [-0.39, 0.29) is 0 Å². The van der Waals surface area contributed by atoms with Crippen LogP contribution in [-0.2, 0) is 26.6 Å². The average molecular weight is 1170 g/mol. The second kappa shape index (κ2) is 42.1. The lowest BCUT2D eigenvalue weighted by molar-refractivity contribution is 0.122. The van der Waals surface area contributed by atoms with Crippen molar-refractivity contribution in [1.29, 1.82) is 0 Å². The van der Waals surface area contributed by atoms with Gasteiger partial charge in [-0.3, -0.25) is 0 Å². The highest BCUT2D eigenvalue weighted by molar-refractivity contribution is 9.35. The predicted molar refractivity (Wildman–Crippen MR) is 334 cm³/mol. The molecule has 416 valence electrons. The molecule has 0 fully saturated rings.